The first-order valence-corrected chi connectivity index (χ1v) is 8.43. The fourth-order valence-corrected chi connectivity index (χ4v) is 2.74. The lowest BCUT2D eigenvalue weighted by Crippen LogP contribution is -2.11. The molecule has 3 rings (SSSR count). The second kappa shape index (κ2) is 6.16. The number of benzene rings is 2. The van der Waals surface area contributed by atoms with Crippen LogP contribution in [-0.4, -0.2) is 18.5 Å². The van der Waals surface area contributed by atoms with Gasteiger partial charge in [0.2, 0.25) is 15.9 Å². The van der Waals surface area contributed by atoms with E-state index in [1.54, 1.807) is 0 Å². The number of nitrogens with two attached hydrogens (primary N) is 1. The minimum Gasteiger partial charge on any atom is -0.437 e. The van der Waals surface area contributed by atoms with Crippen molar-refractivity contribution in [3.8, 4) is 22.6 Å². The van der Waals surface area contributed by atoms with Crippen molar-refractivity contribution in [3.63, 3.8) is 0 Å². The summed E-state index contributed by atoms with van der Waals surface area (Å²) in [5, 5.41) is 14.3. The van der Waals surface area contributed by atoms with Crippen LogP contribution in [0.15, 0.2) is 57.8 Å². The number of sulfonamides is 1. The van der Waals surface area contributed by atoms with Gasteiger partial charge in [0.25, 0.3) is 0 Å². The topological polar surface area (TPSA) is 106 Å². The zero-order valence-corrected chi connectivity index (χ0v) is 13.1. The van der Waals surface area contributed by atoms with Crippen LogP contribution in [0.1, 0.15) is 5.89 Å². The van der Waals surface area contributed by atoms with Crippen molar-refractivity contribution in [1.82, 2.24) is 4.98 Å². The molecule has 0 aliphatic heterocycles. The maximum Gasteiger partial charge on any atom is 0.238 e. The molecular formula is C16H13FN2O4S. The summed E-state index contributed by atoms with van der Waals surface area (Å²) in [5.41, 5.74) is 1.57. The smallest absolute Gasteiger partial charge is 0.238 e. The molecule has 0 atom stereocenters. The fraction of sp³-hybridized carbons (Fsp3) is 0.0625. The lowest BCUT2D eigenvalue weighted by Gasteiger charge is -2.03. The molecule has 0 amide bonds. The maximum absolute atomic E-state index is 13.1. The number of hydrogen-bond acceptors (Lipinski definition) is 5. The molecule has 0 aliphatic carbocycles. The Labute approximate surface area is 137 Å². The molecule has 0 bridgehead atoms. The quantitative estimate of drug-likeness (QED) is 0.752. The summed E-state index contributed by atoms with van der Waals surface area (Å²) in [5.74, 6) is 0.0511. The molecule has 8 heteroatoms. The molecule has 3 aromatic rings. The molecule has 3 N–H and O–H groups in total. The number of aliphatic hydroxyl groups excluding tert-OH is 1. The highest BCUT2D eigenvalue weighted by molar-refractivity contribution is 7.89. The van der Waals surface area contributed by atoms with Crippen molar-refractivity contribution in [2.45, 2.75) is 11.5 Å². The SMILES string of the molecule is NS(=O)(=O)c1ccc(-c2oc(CO)nc2-c2ccc(F)cc2)cc1. The third-order valence-electron chi connectivity index (χ3n) is 3.37. The van der Waals surface area contributed by atoms with E-state index in [0.29, 0.717) is 22.6 Å². The predicted molar refractivity (Wildman–Crippen MR) is 84.6 cm³/mol. The minimum absolute atomic E-state index is 0.0310. The van der Waals surface area contributed by atoms with E-state index >= 15 is 0 Å². The van der Waals surface area contributed by atoms with E-state index in [1.165, 1.54) is 48.5 Å². The van der Waals surface area contributed by atoms with Gasteiger partial charge in [-0.15, -0.1) is 0 Å². The van der Waals surface area contributed by atoms with E-state index in [-0.39, 0.29) is 16.6 Å². The molecule has 0 fully saturated rings. The molecule has 6 nitrogen and oxygen atoms in total. The van der Waals surface area contributed by atoms with E-state index in [4.69, 9.17) is 9.56 Å². The summed E-state index contributed by atoms with van der Waals surface area (Å²) in [7, 11) is -3.80. The maximum atomic E-state index is 13.1. The highest BCUT2D eigenvalue weighted by atomic mass is 32.2. The Balaban J connectivity index is 2.10. The predicted octanol–water partition coefficient (Wildman–Crippen LogP) is 2.29. The summed E-state index contributed by atoms with van der Waals surface area (Å²) in [4.78, 5) is 4.16. The number of oxazole rings is 1. The summed E-state index contributed by atoms with van der Waals surface area (Å²) >= 11 is 0. The first kappa shape index (κ1) is 16.3. The highest BCUT2D eigenvalue weighted by Gasteiger charge is 2.17. The van der Waals surface area contributed by atoms with Crippen LogP contribution in [0.25, 0.3) is 22.6 Å². The van der Waals surface area contributed by atoms with Gasteiger partial charge in [-0.2, -0.15) is 0 Å². The monoisotopic (exact) mass is 348 g/mol. The van der Waals surface area contributed by atoms with E-state index in [1.807, 2.05) is 0 Å². The van der Waals surface area contributed by atoms with E-state index in [0.717, 1.165) is 0 Å². The van der Waals surface area contributed by atoms with Crippen LogP contribution in [0, 0.1) is 5.82 Å². The van der Waals surface area contributed by atoms with Gasteiger partial charge < -0.3 is 9.52 Å². The van der Waals surface area contributed by atoms with Gasteiger partial charge in [0.15, 0.2) is 5.76 Å². The van der Waals surface area contributed by atoms with Gasteiger partial charge in [-0.25, -0.2) is 22.9 Å². The molecule has 0 unspecified atom stereocenters. The van der Waals surface area contributed by atoms with E-state index in [2.05, 4.69) is 4.98 Å². The van der Waals surface area contributed by atoms with Crippen molar-refractivity contribution in [3.05, 3.63) is 60.2 Å². The summed E-state index contributed by atoms with van der Waals surface area (Å²) in [6, 6.07) is 11.4. The number of halogens is 1. The van der Waals surface area contributed by atoms with Crippen LogP contribution in [0.2, 0.25) is 0 Å². The van der Waals surface area contributed by atoms with Crippen molar-refractivity contribution < 1.29 is 22.3 Å². The molecule has 124 valence electrons. The number of aliphatic hydroxyl groups is 1. The molecule has 0 radical (unpaired) electrons. The molecular weight excluding hydrogens is 335 g/mol. The summed E-state index contributed by atoms with van der Waals surface area (Å²) in [6.45, 7) is -0.399. The first-order valence-electron chi connectivity index (χ1n) is 6.88. The third-order valence-corrected chi connectivity index (χ3v) is 4.30. The van der Waals surface area contributed by atoms with Crippen LogP contribution in [-0.2, 0) is 16.6 Å². The third kappa shape index (κ3) is 3.21. The average Bonchev–Trinajstić information content (AvgIpc) is 2.99. The Hall–Kier alpha value is -2.55. The Bertz CT molecular complexity index is 964. The van der Waals surface area contributed by atoms with Crippen LogP contribution in [0.3, 0.4) is 0 Å². The van der Waals surface area contributed by atoms with Crippen LogP contribution in [0.4, 0.5) is 4.39 Å². The summed E-state index contributed by atoms with van der Waals surface area (Å²) in [6.07, 6.45) is 0. The van der Waals surface area contributed by atoms with Crippen molar-refractivity contribution in [1.29, 1.82) is 0 Å². The molecule has 0 saturated carbocycles. The fourth-order valence-electron chi connectivity index (χ4n) is 2.23. The molecule has 0 saturated heterocycles. The minimum atomic E-state index is -3.80. The molecule has 24 heavy (non-hydrogen) atoms. The zero-order chi connectivity index (χ0) is 17.3. The molecule has 1 aromatic heterocycles. The Morgan fingerprint density at radius 3 is 2.17 bits per heavy atom. The number of aromatic nitrogens is 1. The van der Waals surface area contributed by atoms with Gasteiger partial charge in [0.1, 0.15) is 18.1 Å². The van der Waals surface area contributed by atoms with E-state index < -0.39 is 16.6 Å². The van der Waals surface area contributed by atoms with Gasteiger partial charge in [-0.05, 0) is 48.5 Å². The van der Waals surface area contributed by atoms with Gasteiger partial charge in [0.05, 0.1) is 4.90 Å². The molecule has 1 heterocycles. The van der Waals surface area contributed by atoms with Gasteiger partial charge in [-0.3, -0.25) is 0 Å². The number of primary sulfonamides is 1. The van der Waals surface area contributed by atoms with Gasteiger partial charge in [-0.1, -0.05) is 0 Å². The van der Waals surface area contributed by atoms with Crippen LogP contribution < -0.4 is 5.14 Å². The molecule has 2 aromatic carbocycles. The summed E-state index contributed by atoms with van der Waals surface area (Å²) < 4.78 is 41.3. The zero-order valence-electron chi connectivity index (χ0n) is 12.3. The van der Waals surface area contributed by atoms with Gasteiger partial charge >= 0.3 is 0 Å². The van der Waals surface area contributed by atoms with Crippen molar-refractivity contribution in [2.75, 3.05) is 0 Å². The molecule has 0 spiro atoms. The van der Waals surface area contributed by atoms with Crippen LogP contribution >= 0.6 is 0 Å². The highest BCUT2D eigenvalue weighted by Crippen LogP contribution is 2.33. The lowest BCUT2D eigenvalue weighted by atomic mass is 10.1. The first-order chi connectivity index (χ1) is 11.4. The number of nitrogens with zero attached hydrogens (tertiary/aromatic N) is 1. The Morgan fingerprint density at radius 2 is 1.62 bits per heavy atom. The second-order valence-electron chi connectivity index (χ2n) is 5.02. The Kier molecular flexibility index (Phi) is 4.18. The van der Waals surface area contributed by atoms with Crippen molar-refractivity contribution >= 4 is 10.0 Å². The Morgan fingerprint density at radius 1 is 1.04 bits per heavy atom. The van der Waals surface area contributed by atoms with Gasteiger partial charge in [0, 0.05) is 11.1 Å². The lowest BCUT2D eigenvalue weighted by molar-refractivity contribution is 0.241. The van der Waals surface area contributed by atoms with Crippen molar-refractivity contribution in [2.24, 2.45) is 5.14 Å². The molecule has 0 aliphatic rings. The average molecular weight is 348 g/mol. The standard InChI is InChI=1S/C16H13FN2O4S/c17-12-5-1-10(2-6-12)15-16(23-14(9-20)19-15)11-3-7-13(8-4-11)24(18,21)22/h1-8,20H,9H2,(H2,18,21,22). The van der Waals surface area contributed by atoms with Crippen LogP contribution in [0.5, 0.6) is 0 Å². The largest absolute Gasteiger partial charge is 0.437 e. The van der Waals surface area contributed by atoms with E-state index in [9.17, 15) is 17.9 Å². The normalized spacial score (nSPS) is 11.6. The number of hydrogen-bond donors (Lipinski definition) is 2. The second-order valence-corrected chi connectivity index (χ2v) is 6.58. The number of rotatable bonds is 4.